The maximum absolute atomic E-state index is 14.4. The van der Waals surface area contributed by atoms with Gasteiger partial charge in [-0.2, -0.15) is 0 Å². The quantitative estimate of drug-likeness (QED) is 0.810. The molecular formula is C19H24FNO3. The first-order valence-corrected chi connectivity index (χ1v) is 7.87. The van der Waals surface area contributed by atoms with Gasteiger partial charge in [0, 0.05) is 23.7 Å². The van der Waals surface area contributed by atoms with Crippen molar-refractivity contribution in [2.24, 2.45) is 0 Å². The van der Waals surface area contributed by atoms with Crippen LogP contribution in [0.2, 0.25) is 0 Å². The first-order valence-electron chi connectivity index (χ1n) is 7.87. The normalized spacial score (nSPS) is 13.4. The lowest BCUT2D eigenvalue weighted by molar-refractivity contribution is 0.281. The number of rotatable bonds is 7. The second-order valence-corrected chi connectivity index (χ2v) is 5.74. The predicted octanol–water partition coefficient (Wildman–Crippen LogP) is 3.75. The van der Waals surface area contributed by atoms with Crippen LogP contribution in [0.5, 0.6) is 11.5 Å². The molecule has 0 radical (unpaired) electrons. The summed E-state index contributed by atoms with van der Waals surface area (Å²) >= 11 is 0. The molecule has 130 valence electrons. The molecular weight excluding hydrogens is 309 g/mol. The van der Waals surface area contributed by atoms with Gasteiger partial charge in [0.1, 0.15) is 5.82 Å². The van der Waals surface area contributed by atoms with E-state index in [1.807, 2.05) is 38.1 Å². The van der Waals surface area contributed by atoms with Crippen LogP contribution in [0.25, 0.3) is 0 Å². The average molecular weight is 333 g/mol. The van der Waals surface area contributed by atoms with E-state index in [1.54, 1.807) is 6.07 Å². The molecule has 0 saturated carbocycles. The standard InChI is InChI=1S/C19H24FNO3/c1-12(15-7-5-6-14(8-15)11-22)21-13(2)16-9-18(23-3)19(24-4)10-17(16)20/h5-10,12-13,21-22H,11H2,1-4H3. The predicted molar refractivity (Wildman–Crippen MR) is 91.8 cm³/mol. The Labute approximate surface area is 142 Å². The van der Waals surface area contributed by atoms with Crippen molar-refractivity contribution < 1.29 is 19.0 Å². The van der Waals surface area contributed by atoms with Crippen LogP contribution in [0.3, 0.4) is 0 Å². The monoisotopic (exact) mass is 333 g/mol. The third-order valence-electron chi connectivity index (χ3n) is 4.10. The molecule has 0 heterocycles. The Morgan fingerprint density at radius 1 is 1.04 bits per heavy atom. The molecule has 2 aromatic carbocycles. The van der Waals surface area contributed by atoms with Gasteiger partial charge in [0.25, 0.3) is 0 Å². The smallest absolute Gasteiger partial charge is 0.163 e. The minimum absolute atomic E-state index is 0.000417. The van der Waals surface area contributed by atoms with Gasteiger partial charge in [-0.05, 0) is 31.0 Å². The summed E-state index contributed by atoms with van der Waals surface area (Å²) in [7, 11) is 3.01. The van der Waals surface area contributed by atoms with E-state index in [0.717, 1.165) is 11.1 Å². The molecule has 5 heteroatoms. The molecule has 2 aromatic rings. The third kappa shape index (κ3) is 4.04. The van der Waals surface area contributed by atoms with Crippen LogP contribution in [0.1, 0.15) is 42.6 Å². The molecule has 0 fully saturated rings. The molecule has 2 atom stereocenters. The lowest BCUT2D eigenvalue weighted by Crippen LogP contribution is -2.23. The molecule has 0 aliphatic carbocycles. The number of hydrogen-bond acceptors (Lipinski definition) is 4. The van der Waals surface area contributed by atoms with Crippen molar-refractivity contribution in [2.45, 2.75) is 32.5 Å². The molecule has 0 saturated heterocycles. The summed E-state index contributed by atoms with van der Waals surface area (Å²) < 4.78 is 24.7. The van der Waals surface area contributed by atoms with Crippen LogP contribution in [-0.4, -0.2) is 19.3 Å². The van der Waals surface area contributed by atoms with Gasteiger partial charge >= 0.3 is 0 Å². The third-order valence-corrected chi connectivity index (χ3v) is 4.10. The molecule has 0 bridgehead atoms. The van der Waals surface area contributed by atoms with Crippen molar-refractivity contribution in [1.82, 2.24) is 5.32 Å². The van der Waals surface area contributed by atoms with Crippen molar-refractivity contribution in [3.05, 3.63) is 58.9 Å². The zero-order chi connectivity index (χ0) is 17.7. The minimum Gasteiger partial charge on any atom is -0.493 e. The highest BCUT2D eigenvalue weighted by molar-refractivity contribution is 5.44. The van der Waals surface area contributed by atoms with Crippen LogP contribution in [0.4, 0.5) is 4.39 Å². The number of ether oxygens (including phenoxy) is 2. The first-order chi connectivity index (χ1) is 11.5. The molecule has 2 rings (SSSR count). The highest BCUT2D eigenvalue weighted by Gasteiger charge is 2.18. The first kappa shape index (κ1) is 18.2. The Kier molecular flexibility index (Phi) is 6.17. The summed E-state index contributed by atoms with van der Waals surface area (Å²) in [5, 5.41) is 12.6. The molecule has 4 nitrogen and oxygen atoms in total. The van der Waals surface area contributed by atoms with E-state index in [1.165, 1.54) is 20.3 Å². The largest absolute Gasteiger partial charge is 0.493 e. The number of aliphatic hydroxyl groups excluding tert-OH is 1. The summed E-state index contributed by atoms with van der Waals surface area (Å²) in [6.45, 7) is 3.91. The zero-order valence-corrected chi connectivity index (χ0v) is 14.5. The Bertz CT molecular complexity index is 690. The second kappa shape index (κ2) is 8.13. The van der Waals surface area contributed by atoms with E-state index in [2.05, 4.69) is 5.32 Å². The van der Waals surface area contributed by atoms with Gasteiger partial charge in [-0.1, -0.05) is 24.3 Å². The summed E-state index contributed by atoms with van der Waals surface area (Å²) in [5.41, 5.74) is 2.40. The highest BCUT2D eigenvalue weighted by atomic mass is 19.1. The molecule has 2 unspecified atom stereocenters. The molecule has 0 aromatic heterocycles. The van der Waals surface area contributed by atoms with Crippen molar-refractivity contribution >= 4 is 0 Å². The average Bonchev–Trinajstić information content (AvgIpc) is 2.61. The van der Waals surface area contributed by atoms with Crippen LogP contribution in [0, 0.1) is 5.82 Å². The number of benzene rings is 2. The van der Waals surface area contributed by atoms with Gasteiger partial charge in [-0.15, -0.1) is 0 Å². The lowest BCUT2D eigenvalue weighted by atomic mass is 10.0. The number of halogens is 1. The Morgan fingerprint density at radius 2 is 1.71 bits per heavy atom. The zero-order valence-electron chi connectivity index (χ0n) is 14.5. The van der Waals surface area contributed by atoms with Gasteiger partial charge in [0.2, 0.25) is 0 Å². The van der Waals surface area contributed by atoms with Crippen molar-refractivity contribution in [2.75, 3.05) is 14.2 Å². The van der Waals surface area contributed by atoms with Crippen LogP contribution in [-0.2, 0) is 6.61 Å². The van der Waals surface area contributed by atoms with Gasteiger partial charge in [0.15, 0.2) is 11.5 Å². The fraction of sp³-hybridized carbons (Fsp3) is 0.368. The van der Waals surface area contributed by atoms with Crippen LogP contribution < -0.4 is 14.8 Å². The fourth-order valence-corrected chi connectivity index (χ4v) is 2.72. The SMILES string of the molecule is COc1cc(F)c(C(C)NC(C)c2cccc(CO)c2)cc1OC. The van der Waals surface area contributed by atoms with Crippen molar-refractivity contribution in [3.8, 4) is 11.5 Å². The molecule has 0 aliphatic heterocycles. The van der Waals surface area contributed by atoms with Crippen molar-refractivity contribution in [3.63, 3.8) is 0 Å². The summed E-state index contributed by atoms with van der Waals surface area (Å²) in [6.07, 6.45) is 0. The number of methoxy groups -OCH3 is 2. The fourth-order valence-electron chi connectivity index (χ4n) is 2.72. The van der Waals surface area contributed by atoms with Crippen LogP contribution >= 0.6 is 0 Å². The maximum atomic E-state index is 14.4. The minimum atomic E-state index is -0.344. The molecule has 2 N–H and O–H groups in total. The van der Waals surface area contributed by atoms with Gasteiger partial charge in [-0.25, -0.2) is 4.39 Å². The van der Waals surface area contributed by atoms with Gasteiger partial charge < -0.3 is 19.9 Å². The summed E-state index contributed by atoms with van der Waals surface area (Å²) in [6, 6.07) is 10.5. The van der Waals surface area contributed by atoms with Gasteiger partial charge in [0.05, 0.1) is 20.8 Å². The van der Waals surface area contributed by atoms with Crippen molar-refractivity contribution in [1.29, 1.82) is 0 Å². The number of hydrogen-bond donors (Lipinski definition) is 2. The van der Waals surface area contributed by atoms with Gasteiger partial charge in [-0.3, -0.25) is 0 Å². The Hall–Kier alpha value is -2.11. The Morgan fingerprint density at radius 3 is 2.33 bits per heavy atom. The van der Waals surface area contributed by atoms with E-state index in [-0.39, 0.29) is 24.5 Å². The summed E-state index contributed by atoms with van der Waals surface area (Å²) in [5.74, 6) is 0.524. The second-order valence-electron chi connectivity index (χ2n) is 5.74. The molecule has 0 aliphatic rings. The van der Waals surface area contributed by atoms with Crippen LogP contribution in [0.15, 0.2) is 36.4 Å². The van der Waals surface area contributed by atoms with E-state index in [0.29, 0.717) is 17.1 Å². The Balaban J connectivity index is 2.20. The molecule has 0 spiro atoms. The number of aliphatic hydroxyl groups is 1. The van der Waals surface area contributed by atoms with E-state index < -0.39 is 0 Å². The number of nitrogens with one attached hydrogen (secondary N) is 1. The maximum Gasteiger partial charge on any atom is 0.163 e. The molecule has 0 amide bonds. The highest BCUT2D eigenvalue weighted by Crippen LogP contribution is 2.33. The van der Waals surface area contributed by atoms with E-state index in [9.17, 15) is 9.50 Å². The van der Waals surface area contributed by atoms with E-state index in [4.69, 9.17) is 9.47 Å². The molecule has 24 heavy (non-hydrogen) atoms. The topological polar surface area (TPSA) is 50.7 Å². The van der Waals surface area contributed by atoms with E-state index >= 15 is 0 Å². The summed E-state index contributed by atoms with van der Waals surface area (Å²) in [4.78, 5) is 0. The lowest BCUT2D eigenvalue weighted by Gasteiger charge is -2.22.